The molecule has 4 rings (SSSR count). The molecular weight excluding hydrogens is 458 g/mol. The van der Waals surface area contributed by atoms with E-state index in [0.717, 1.165) is 6.07 Å². The van der Waals surface area contributed by atoms with Crippen LogP contribution in [0.2, 0.25) is 0 Å². The molecule has 2 amide bonds. The number of carbonyl (C=O) groups excluding carboxylic acids is 2. The van der Waals surface area contributed by atoms with Crippen molar-refractivity contribution in [3.05, 3.63) is 53.0 Å². The summed E-state index contributed by atoms with van der Waals surface area (Å²) in [5.74, 6) is -3.07. The maximum absolute atomic E-state index is 14.3. The van der Waals surface area contributed by atoms with Crippen molar-refractivity contribution in [3.63, 3.8) is 0 Å². The van der Waals surface area contributed by atoms with Crippen LogP contribution in [0.5, 0.6) is 0 Å². The number of halogens is 2. The lowest BCUT2D eigenvalue weighted by molar-refractivity contribution is -0.137. The number of nitrogens with zero attached hydrogens (tertiary/aromatic N) is 5. The summed E-state index contributed by atoms with van der Waals surface area (Å²) in [5.41, 5.74) is 1.37. The predicted molar refractivity (Wildman–Crippen MR) is 124 cm³/mol. The lowest BCUT2D eigenvalue weighted by Crippen LogP contribution is -2.55. The summed E-state index contributed by atoms with van der Waals surface area (Å²) >= 11 is 0. The van der Waals surface area contributed by atoms with Crippen LogP contribution in [0.25, 0.3) is 11.2 Å². The van der Waals surface area contributed by atoms with Gasteiger partial charge in [-0.2, -0.15) is 5.26 Å². The van der Waals surface area contributed by atoms with Crippen LogP contribution in [0.4, 0.5) is 14.5 Å². The number of aromatic nitrogens is 3. The smallest absolute Gasteiger partial charge is 0.255 e. The number of rotatable bonds is 6. The largest absolute Gasteiger partial charge is 0.385 e. The van der Waals surface area contributed by atoms with Crippen molar-refractivity contribution in [1.82, 2.24) is 25.2 Å². The van der Waals surface area contributed by atoms with Crippen LogP contribution in [0.3, 0.4) is 0 Å². The highest BCUT2D eigenvalue weighted by molar-refractivity contribution is 6.15. The minimum atomic E-state index is -1.05. The molecular formula is C23H22F2N8O2. The van der Waals surface area contributed by atoms with Crippen molar-refractivity contribution in [2.45, 2.75) is 13.0 Å². The molecule has 1 unspecified atom stereocenters. The van der Waals surface area contributed by atoms with Crippen LogP contribution in [-0.2, 0) is 4.79 Å². The average molecular weight is 480 g/mol. The van der Waals surface area contributed by atoms with Crippen LogP contribution in [0, 0.1) is 28.9 Å². The fraction of sp³-hybridized carbons (Fsp3) is 0.304. The standard InChI is InChI=1S/C23H22F2N8O2/c1-11(23(35)33-9-12(6-26)10-33)31-22(34)14-7-29-21-20(14)32-16(8-30-21)18(27-2)13-4-5-15(24)17(25)19(13)28-3/h4-5,7-8,11-12,28H,9-10H2,1-3H3,(H,29,30)(H,31,34). The van der Waals surface area contributed by atoms with Crippen LogP contribution in [-0.4, -0.2) is 70.6 Å². The van der Waals surface area contributed by atoms with E-state index in [2.05, 4.69) is 36.6 Å². The van der Waals surface area contributed by atoms with Crippen molar-refractivity contribution in [2.75, 3.05) is 32.5 Å². The van der Waals surface area contributed by atoms with Gasteiger partial charge < -0.3 is 20.5 Å². The molecule has 3 N–H and O–H groups in total. The number of benzene rings is 1. The Bertz CT molecular complexity index is 1390. The van der Waals surface area contributed by atoms with E-state index >= 15 is 0 Å². The number of likely N-dealkylation sites (tertiary alicyclic amines) is 1. The topological polar surface area (TPSA) is 139 Å². The van der Waals surface area contributed by atoms with Gasteiger partial charge in [-0.25, -0.2) is 18.7 Å². The second kappa shape index (κ2) is 9.46. The second-order valence-corrected chi connectivity index (χ2v) is 8.03. The van der Waals surface area contributed by atoms with E-state index in [1.165, 1.54) is 37.5 Å². The van der Waals surface area contributed by atoms with Crippen molar-refractivity contribution >= 4 is 34.4 Å². The quantitative estimate of drug-likeness (QED) is 0.460. The molecule has 1 saturated heterocycles. The van der Waals surface area contributed by atoms with Gasteiger partial charge in [0.15, 0.2) is 17.3 Å². The van der Waals surface area contributed by atoms with Gasteiger partial charge in [-0.15, -0.1) is 0 Å². The SMILES string of the molecule is CN=C(c1cnc2[nH]cc(C(=O)NC(C)C(=O)N3CC(C#N)C3)c2n1)c1ccc(F)c(F)c1NC. The van der Waals surface area contributed by atoms with E-state index in [1.54, 1.807) is 6.92 Å². The summed E-state index contributed by atoms with van der Waals surface area (Å²) in [6.07, 6.45) is 2.83. The molecule has 35 heavy (non-hydrogen) atoms. The highest BCUT2D eigenvalue weighted by atomic mass is 19.2. The van der Waals surface area contributed by atoms with Gasteiger partial charge in [0.1, 0.15) is 17.3 Å². The minimum absolute atomic E-state index is 0.0866. The molecule has 1 aliphatic heterocycles. The zero-order valence-corrected chi connectivity index (χ0v) is 19.2. The average Bonchev–Trinajstić information content (AvgIpc) is 3.24. The molecule has 10 nitrogen and oxygen atoms in total. The molecule has 2 aromatic heterocycles. The van der Waals surface area contributed by atoms with Gasteiger partial charge >= 0.3 is 0 Å². The van der Waals surface area contributed by atoms with Crippen molar-refractivity contribution in [3.8, 4) is 6.07 Å². The summed E-state index contributed by atoms with van der Waals surface area (Å²) < 4.78 is 28.1. The number of nitriles is 1. The number of nitrogens with one attached hydrogen (secondary N) is 3. The van der Waals surface area contributed by atoms with Gasteiger partial charge in [0.25, 0.3) is 5.91 Å². The Morgan fingerprint density at radius 3 is 2.71 bits per heavy atom. The van der Waals surface area contributed by atoms with Crippen LogP contribution < -0.4 is 10.6 Å². The highest BCUT2D eigenvalue weighted by Gasteiger charge is 2.33. The number of amides is 2. The molecule has 0 aliphatic carbocycles. The monoisotopic (exact) mass is 480 g/mol. The molecule has 1 aliphatic rings. The first-order valence-electron chi connectivity index (χ1n) is 10.8. The third-order valence-corrected chi connectivity index (χ3v) is 5.79. The van der Waals surface area contributed by atoms with Gasteiger partial charge in [0, 0.05) is 38.9 Å². The second-order valence-electron chi connectivity index (χ2n) is 8.03. The van der Waals surface area contributed by atoms with E-state index in [4.69, 9.17) is 5.26 Å². The summed E-state index contributed by atoms with van der Waals surface area (Å²) in [7, 11) is 2.94. The summed E-state index contributed by atoms with van der Waals surface area (Å²) in [4.78, 5) is 42.8. The Morgan fingerprint density at radius 1 is 1.31 bits per heavy atom. The highest BCUT2D eigenvalue weighted by Crippen LogP contribution is 2.25. The van der Waals surface area contributed by atoms with Gasteiger partial charge in [-0.1, -0.05) is 0 Å². The number of hydrogen-bond acceptors (Lipinski definition) is 7. The van der Waals surface area contributed by atoms with Crippen LogP contribution >= 0.6 is 0 Å². The summed E-state index contributed by atoms with van der Waals surface area (Å²) in [6, 6.07) is 3.66. The molecule has 0 saturated carbocycles. The molecule has 1 fully saturated rings. The van der Waals surface area contributed by atoms with Crippen LogP contribution in [0.15, 0.2) is 29.5 Å². The van der Waals surface area contributed by atoms with E-state index in [0.29, 0.717) is 18.7 Å². The Balaban J connectivity index is 1.62. The third-order valence-electron chi connectivity index (χ3n) is 5.79. The van der Waals surface area contributed by atoms with Gasteiger partial charge in [-0.05, 0) is 19.1 Å². The summed E-state index contributed by atoms with van der Waals surface area (Å²) in [6.45, 7) is 2.25. The molecule has 1 aromatic carbocycles. The summed E-state index contributed by atoms with van der Waals surface area (Å²) in [5, 5.41) is 14.2. The number of anilines is 1. The molecule has 180 valence electrons. The Kier molecular flexibility index (Phi) is 6.42. The van der Waals surface area contributed by atoms with Crippen LogP contribution in [0.1, 0.15) is 28.5 Å². The van der Waals surface area contributed by atoms with E-state index in [9.17, 15) is 18.4 Å². The Hall–Kier alpha value is -4.40. The van der Waals surface area contributed by atoms with E-state index < -0.39 is 23.6 Å². The minimum Gasteiger partial charge on any atom is -0.385 e. The van der Waals surface area contributed by atoms with Crippen molar-refractivity contribution < 1.29 is 18.4 Å². The fourth-order valence-corrected chi connectivity index (χ4v) is 3.89. The van der Waals surface area contributed by atoms with Gasteiger partial charge in [0.05, 0.1) is 35.1 Å². The zero-order valence-electron chi connectivity index (χ0n) is 19.2. The first-order valence-corrected chi connectivity index (χ1v) is 10.8. The van der Waals surface area contributed by atoms with E-state index in [1.807, 2.05) is 0 Å². The predicted octanol–water partition coefficient (Wildman–Crippen LogP) is 1.85. The first kappa shape index (κ1) is 23.7. The number of aromatic amines is 1. The molecule has 12 heteroatoms. The lowest BCUT2D eigenvalue weighted by Gasteiger charge is -2.37. The number of hydrogen-bond donors (Lipinski definition) is 3. The molecule has 3 heterocycles. The van der Waals surface area contributed by atoms with Gasteiger partial charge in [-0.3, -0.25) is 14.6 Å². The van der Waals surface area contributed by atoms with Crippen molar-refractivity contribution in [2.24, 2.45) is 10.9 Å². The number of aliphatic imine (C=N–C) groups is 1. The molecule has 0 bridgehead atoms. The van der Waals surface area contributed by atoms with E-state index in [-0.39, 0.29) is 45.6 Å². The molecule has 0 radical (unpaired) electrons. The maximum atomic E-state index is 14.3. The Morgan fingerprint density at radius 2 is 2.06 bits per heavy atom. The van der Waals surface area contributed by atoms with Gasteiger partial charge in [0.2, 0.25) is 5.91 Å². The maximum Gasteiger partial charge on any atom is 0.255 e. The first-order chi connectivity index (χ1) is 16.8. The molecule has 3 aromatic rings. The lowest BCUT2D eigenvalue weighted by atomic mass is 10.0. The number of carbonyl (C=O) groups is 2. The van der Waals surface area contributed by atoms with Crippen molar-refractivity contribution in [1.29, 1.82) is 5.26 Å². The fourth-order valence-electron chi connectivity index (χ4n) is 3.89. The number of H-pyrrole nitrogens is 1. The Labute approximate surface area is 199 Å². The molecule has 0 spiro atoms. The number of fused-ring (bicyclic) bond motifs is 1. The normalized spacial score (nSPS) is 14.9. The molecule has 1 atom stereocenters. The third kappa shape index (κ3) is 4.28. The zero-order chi connectivity index (χ0) is 25.3.